The zero-order valence-corrected chi connectivity index (χ0v) is 10.7. The Morgan fingerprint density at radius 2 is 1.88 bits per heavy atom. The van der Waals surface area contributed by atoms with Crippen molar-refractivity contribution in [1.82, 2.24) is 0 Å². The van der Waals surface area contributed by atoms with E-state index in [0.29, 0.717) is 5.56 Å². The highest BCUT2D eigenvalue weighted by Crippen LogP contribution is 2.21. The lowest BCUT2D eigenvalue weighted by Gasteiger charge is -2.05. The average Bonchev–Trinajstić information content (AvgIpc) is 2.25. The Hall–Kier alpha value is -1.05. The molecule has 2 nitrogen and oxygen atoms in total. The Kier molecular flexibility index (Phi) is 4.98. The molecule has 0 heterocycles. The van der Waals surface area contributed by atoms with Gasteiger partial charge >= 0.3 is 12.1 Å². The molecule has 0 radical (unpaired) electrons. The van der Waals surface area contributed by atoms with Gasteiger partial charge in [0.05, 0.1) is 5.56 Å². The monoisotopic (exact) mass is 356 g/mol. The van der Waals surface area contributed by atoms with Crippen LogP contribution in [0.25, 0.3) is 0 Å². The third-order valence-electron chi connectivity index (χ3n) is 1.67. The van der Waals surface area contributed by atoms with Crippen LogP contribution in [-0.2, 0) is 4.74 Å². The standard InChI is InChI=1S/C11H8F3IO2/c12-11(13,14)6-9(15)7-17-10(16)8-4-2-1-3-5-8/h1-6H,7H2/b9-6-. The molecule has 0 aromatic heterocycles. The van der Waals surface area contributed by atoms with Crippen LogP contribution < -0.4 is 0 Å². The molecule has 0 spiro atoms. The quantitative estimate of drug-likeness (QED) is 0.610. The molecule has 0 N–H and O–H groups in total. The lowest BCUT2D eigenvalue weighted by atomic mass is 10.2. The topological polar surface area (TPSA) is 26.3 Å². The van der Waals surface area contributed by atoms with Gasteiger partial charge < -0.3 is 4.74 Å². The number of esters is 1. The van der Waals surface area contributed by atoms with Crippen LogP contribution in [0.3, 0.4) is 0 Å². The second-order valence-electron chi connectivity index (χ2n) is 3.07. The number of hydrogen-bond donors (Lipinski definition) is 0. The number of allylic oxidation sites excluding steroid dienone is 1. The van der Waals surface area contributed by atoms with Gasteiger partial charge in [-0.1, -0.05) is 18.2 Å². The molecule has 1 rings (SSSR count). The second kappa shape index (κ2) is 6.04. The predicted octanol–water partition coefficient (Wildman–Crippen LogP) is 3.72. The molecule has 0 unspecified atom stereocenters. The summed E-state index contributed by atoms with van der Waals surface area (Å²) in [7, 11) is 0. The summed E-state index contributed by atoms with van der Waals surface area (Å²) in [4.78, 5) is 11.4. The molecule has 1 aromatic carbocycles. The molecule has 0 fully saturated rings. The van der Waals surface area contributed by atoms with E-state index >= 15 is 0 Å². The SMILES string of the molecule is O=C(OC/C(I)=C/C(F)(F)F)c1ccccc1. The van der Waals surface area contributed by atoms with Gasteiger partial charge in [0.2, 0.25) is 0 Å². The lowest BCUT2D eigenvalue weighted by Crippen LogP contribution is -2.08. The third kappa shape index (κ3) is 5.71. The Bertz CT molecular complexity index is 412. The average molecular weight is 356 g/mol. The number of hydrogen-bond acceptors (Lipinski definition) is 2. The summed E-state index contributed by atoms with van der Waals surface area (Å²) in [6.45, 7) is -0.381. The maximum atomic E-state index is 11.9. The van der Waals surface area contributed by atoms with Crippen molar-refractivity contribution in [2.24, 2.45) is 0 Å². The Balaban J connectivity index is 2.53. The molecule has 0 saturated carbocycles. The molecule has 1 aromatic rings. The predicted molar refractivity (Wildman–Crippen MR) is 64.9 cm³/mol. The van der Waals surface area contributed by atoms with Gasteiger partial charge in [0, 0.05) is 9.66 Å². The van der Waals surface area contributed by atoms with E-state index in [1.54, 1.807) is 18.2 Å². The number of benzene rings is 1. The van der Waals surface area contributed by atoms with Crippen LogP contribution in [0.1, 0.15) is 10.4 Å². The molecular formula is C11H8F3IO2. The molecule has 0 saturated heterocycles. The molecule has 17 heavy (non-hydrogen) atoms. The van der Waals surface area contributed by atoms with Crippen molar-refractivity contribution in [2.45, 2.75) is 6.18 Å². The first-order chi connectivity index (χ1) is 7.88. The Morgan fingerprint density at radius 3 is 2.41 bits per heavy atom. The van der Waals surface area contributed by atoms with Crippen molar-refractivity contribution in [3.05, 3.63) is 45.6 Å². The molecule has 0 amide bonds. The summed E-state index contributed by atoms with van der Waals surface area (Å²) < 4.78 is 40.4. The molecular weight excluding hydrogens is 348 g/mol. The van der Waals surface area contributed by atoms with Gasteiger partial charge in [-0.05, 0) is 34.7 Å². The number of carbonyl (C=O) groups is 1. The minimum absolute atomic E-state index is 0.0839. The normalized spacial score (nSPS) is 12.4. The van der Waals surface area contributed by atoms with Gasteiger partial charge in [-0.3, -0.25) is 0 Å². The van der Waals surface area contributed by atoms with E-state index in [0.717, 1.165) is 0 Å². The first-order valence-electron chi connectivity index (χ1n) is 4.54. The lowest BCUT2D eigenvalue weighted by molar-refractivity contribution is -0.0804. The number of halogens is 4. The van der Waals surface area contributed by atoms with E-state index in [9.17, 15) is 18.0 Å². The second-order valence-corrected chi connectivity index (χ2v) is 4.46. The van der Waals surface area contributed by atoms with E-state index in [2.05, 4.69) is 0 Å². The highest BCUT2D eigenvalue weighted by atomic mass is 127. The van der Waals surface area contributed by atoms with Gasteiger partial charge in [0.1, 0.15) is 6.61 Å². The third-order valence-corrected chi connectivity index (χ3v) is 2.29. The Morgan fingerprint density at radius 1 is 1.29 bits per heavy atom. The van der Waals surface area contributed by atoms with E-state index in [1.807, 2.05) is 0 Å². The zero-order valence-electron chi connectivity index (χ0n) is 8.50. The van der Waals surface area contributed by atoms with Crippen molar-refractivity contribution in [1.29, 1.82) is 0 Å². The van der Waals surface area contributed by atoms with E-state index in [1.165, 1.54) is 34.7 Å². The minimum Gasteiger partial charge on any atom is -0.457 e. The van der Waals surface area contributed by atoms with Crippen LogP contribution in [0, 0.1) is 0 Å². The van der Waals surface area contributed by atoms with Crippen molar-refractivity contribution in [2.75, 3.05) is 6.61 Å². The van der Waals surface area contributed by atoms with Gasteiger partial charge in [-0.2, -0.15) is 13.2 Å². The summed E-state index contributed by atoms with van der Waals surface area (Å²) in [6, 6.07) is 8.08. The van der Waals surface area contributed by atoms with Crippen molar-refractivity contribution >= 4 is 28.6 Å². The van der Waals surface area contributed by atoms with Gasteiger partial charge in [0.15, 0.2) is 0 Å². The minimum atomic E-state index is -4.39. The van der Waals surface area contributed by atoms with Crippen LogP contribution >= 0.6 is 22.6 Å². The first kappa shape index (κ1) is 14.0. The fraction of sp³-hybridized carbons (Fsp3) is 0.182. The van der Waals surface area contributed by atoms with Crippen LogP contribution in [0.4, 0.5) is 13.2 Å². The summed E-state index contributed by atoms with van der Waals surface area (Å²) in [5.41, 5.74) is 0.309. The summed E-state index contributed by atoms with van der Waals surface area (Å²) in [5, 5.41) is 0. The molecule has 0 atom stereocenters. The van der Waals surface area contributed by atoms with Crippen LogP contribution in [0.2, 0.25) is 0 Å². The molecule has 0 aliphatic rings. The maximum absolute atomic E-state index is 11.9. The van der Waals surface area contributed by atoms with Crippen molar-refractivity contribution < 1.29 is 22.7 Å². The number of ether oxygens (including phenoxy) is 1. The number of alkyl halides is 3. The highest BCUT2D eigenvalue weighted by molar-refractivity contribution is 14.1. The zero-order chi connectivity index (χ0) is 12.9. The smallest absolute Gasteiger partial charge is 0.410 e. The maximum Gasteiger partial charge on any atom is 0.410 e. The van der Waals surface area contributed by atoms with Gasteiger partial charge in [-0.25, -0.2) is 4.79 Å². The van der Waals surface area contributed by atoms with E-state index in [-0.39, 0.29) is 16.3 Å². The van der Waals surface area contributed by atoms with Crippen molar-refractivity contribution in [3.8, 4) is 0 Å². The van der Waals surface area contributed by atoms with Gasteiger partial charge in [0.25, 0.3) is 0 Å². The molecule has 92 valence electrons. The molecule has 6 heteroatoms. The van der Waals surface area contributed by atoms with E-state index in [4.69, 9.17) is 4.74 Å². The van der Waals surface area contributed by atoms with Crippen LogP contribution in [0.5, 0.6) is 0 Å². The first-order valence-corrected chi connectivity index (χ1v) is 5.62. The summed E-state index contributed by atoms with van der Waals surface area (Å²) in [5.74, 6) is -0.643. The summed E-state index contributed by atoms with van der Waals surface area (Å²) in [6.07, 6.45) is -4.29. The number of rotatable bonds is 3. The van der Waals surface area contributed by atoms with Gasteiger partial charge in [-0.15, -0.1) is 0 Å². The largest absolute Gasteiger partial charge is 0.457 e. The summed E-state index contributed by atoms with van der Waals surface area (Å²) >= 11 is 1.48. The number of carbonyl (C=O) groups excluding carboxylic acids is 1. The van der Waals surface area contributed by atoms with Crippen LogP contribution in [-0.4, -0.2) is 18.8 Å². The molecule has 0 aliphatic heterocycles. The van der Waals surface area contributed by atoms with Crippen LogP contribution in [0.15, 0.2) is 40.0 Å². The highest BCUT2D eigenvalue weighted by Gasteiger charge is 2.24. The fourth-order valence-electron chi connectivity index (χ4n) is 1.01. The molecule has 0 bridgehead atoms. The fourth-order valence-corrected chi connectivity index (χ4v) is 1.52. The van der Waals surface area contributed by atoms with Crippen molar-refractivity contribution in [3.63, 3.8) is 0 Å². The Labute approximate surface area is 110 Å². The molecule has 0 aliphatic carbocycles. The van der Waals surface area contributed by atoms with E-state index < -0.39 is 12.1 Å².